The molecule has 58 valence electrons. The van der Waals surface area contributed by atoms with Gasteiger partial charge in [0.05, 0.1) is 13.2 Å². The van der Waals surface area contributed by atoms with E-state index in [1.165, 1.54) is 7.11 Å². The molecule has 1 N–H and O–H groups in total. The topological polar surface area (TPSA) is 72.8 Å². The summed E-state index contributed by atoms with van der Waals surface area (Å²) >= 11 is 0. The van der Waals surface area contributed by atoms with Crippen molar-refractivity contribution in [1.29, 1.82) is 0 Å². The molecule has 0 unspecified atom stereocenters. The SMILES string of the molecule is COCCOS(=O)(=O)O.[H-].[Li+]. The van der Waals surface area contributed by atoms with E-state index < -0.39 is 10.4 Å². The molecule has 0 aliphatic carbocycles. The minimum Gasteiger partial charge on any atom is -1.00 e. The molecule has 0 aliphatic heterocycles. The van der Waals surface area contributed by atoms with Gasteiger partial charge in [0.15, 0.2) is 0 Å². The molecule has 0 radical (unpaired) electrons. The van der Waals surface area contributed by atoms with Gasteiger partial charge in [-0.05, 0) is 0 Å². The molecule has 0 fully saturated rings. The van der Waals surface area contributed by atoms with Crippen molar-refractivity contribution < 1.29 is 42.2 Å². The minimum atomic E-state index is -4.28. The molecule has 0 heterocycles. The van der Waals surface area contributed by atoms with E-state index in [0.29, 0.717) is 0 Å². The van der Waals surface area contributed by atoms with E-state index in [9.17, 15) is 8.42 Å². The molecule has 0 rings (SSSR count). The number of hydrogen-bond acceptors (Lipinski definition) is 4. The van der Waals surface area contributed by atoms with Crippen LogP contribution in [0.15, 0.2) is 0 Å². The van der Waals surface area contributed by atoms with Crippen molar-refractivity contribution in [2.45, 2.75) is 0 Å². The first-order chi connectivity index (χ1) is 4.06. The zero-order valence-corrected chi connectivity index (χ0v) is 6.72. The molecule has 0 saturated heterocycles. The van der Waals surface area contributed by atoms with E-state index in [1.54, 1.807) is 0 Å². The van der Waals surface area contributed by atoms with Crippen LogP contribution in [0.1, 0.15) is 1.43 Å². The molecule has 0 atom stereocenters. The smallest absolute Gasteiger partial charge is 1.00 e. The molecule has 10 heavy (non-hydrogen) atoms. The van der Waals surface area contributed by atoms with Crippen LogP contribution in [-0.4, -0.2) is 33.3 Å². The largest absolute Gasteiger partial charge is 1.00 e. The van der Waals surface area contributed by atoms with Crippen LogP contribution in [-0.2, 0) is 19.3 Å². The van der Waals surface area contributed by atoms with Crippen LogP contribution in [0.3, 0.4) is 0 Å². The fourth-order valence-electron chi connectivity index (χ4n) is 0.223. The molecule has 0 aromatic heterocycles. The molecule has 0 bridgehead atoms. The third-order valence-electron chi connectivity index (χ3n) is 0.520. The maximum absolute atomic E-state index is 9.78. The summed E-state index contributed by atoms with van der Waals surface area (Å²) in [5.41, 5.74) is 0. The standard InChI is InChI=1S/C3H8O5S.Li.H/c1-7-2-3-8-9(4,5)6;;/h2-3H2,1H3,(H,4,5,6);;/q;+1;-1. The van der Waals surface area contributed by atoms with Gasteiger partial charge in [-0.2, -0.15) is 8.42 Å². The van der Waals surface area contributed by atoms with Crippen LogP contribution in [0.25, 0.3) is 0 Å². The van der Waals surface area contributed by atoms with Crippen molar-refractivity contribution in [2.24, 2.45) is 0 Å². The second-order valence-corrected chi connectivity index (χ2v) is 2.33. The Kier molecular flexibility index (Phi) is 8.04. The van der Waals surface area contributed by atoms with Crippen molar-refractivity contribution in [2.75, 3.05) is 20.3 Å². The van der Waals surface area contributed by atoms with Crippen LogP contribution in [0.2, 0.25) is 0 Å². The second kappa shape index (κ2) is 6.16. The first-order valence-corrected chi connectivity index (χ1v) is 3.53. The van der Waals surface area contributed by atoms with E-state index in [0.717, 1.165) is 0 Å². The Hall–Kier alpha value is 0.427. The van der Waals surface area contributed by atoms with Crippen molar-refractivity contribution in [1.82, 2.24) is 0 Å². The Morgan fingerprint density at radius 1 is 1.50 bits per heavy atom. The van der Waals surface area contributed by atoms with Gasteiger partial charge in [-0.1, -0.05) is 0 Å². The van der Waals surface area contributed by atoms with Crippen LogP contribution < -0.4 is 18.9 Å². The molecule has 0 aromatic carbocycles. The Morgan fingerprint density at radius 2 is 2.00 bits per heavy atom. The minimum absolute atomic E-state index is 0. The van der Waals surface area contributed by atoms with Crippen molar-refractivity contribution >= 4 is 10.4 Å². The fourth-order valence-corrected chi connectivity index (χ4v) is 0.501. The van der Waals surface area contributed by atoms with Crippen LogP contribution in [0.5, 0.6) is 0 Å². The Balaban J connectivity index is -0.000000320. The van der Waals surface area contributed by atoms with Crippen molar-refractivity contribution in [3.05, 3.63) is 0 Å². The predicted octanol–water partition coefficient (Wildman–Crippen LogP) is -3.43. The van der Waals surface area contributed by atoms with Gasteiger partial charge in [-0.25, -0.2) is 4.18 Å². The van der Waals surface area contributed by atoms with E-state index in [1.807, 2.05) is 0 Å². The summed E-state index contributed by atoms with van der Waals surface area (Å²) in [4.78, 5) is 0. The summed E-state index contributed by atoms with van der Waals surface area (Å²) < 4.78 is 35.8. The van der Waals surface area contributed by atoms with E-state index in [-0.39, 0.29) is 33.5 Å². The Bertz CT molecular complexity index is 157. The molecule has 5 nitrogen and oxygen atoms in total. The molecule has 7 heteroatoms. The summed E-state index contributed by atoms with van der Waals surface area (Å²) in [6.45, 7) is -0.0187. The zero-order chi connectivity index (χ0) is 7.33. The van der Waals surface area contributed by atoms with Gasteiger partial charge < -0.3 is 6.16 Å². The second-order valence-electron chi connectivity index (χ2n) is 1.24. The molecular formula is C3H9LiO5S. The van der Waals surface area contributed by atoms with E-state index in [4.69, 9.17) is 4.55 Å². The van der Waals surface area contributed by atoms with Gasteiger partial charge in [0, 0.05) is 7.11 Å². The predicted molar refractivity (Wildman–Crippen MR) is 30.5 cm³/mol. The van der Waals surface area contributed by atoms with E-state index >= 15 is 0 Å². The molecule has 0 saturated carbocycles. The summed E-state index contributed by atoms with van der Waals surface area (Å²) in [6, 6.07) is 0. The average molecular weight is 164 g/mol. The monoisotopic (exact) mass is 164 g/mol. The number of ether oxygens (including phenoxy) is 1. The maximum atomic E-state index is 9.78. The van der Waals surface area contributed by atoms with E-state index in [2.05, 4.69) is 8.92 Å². The van der Waals surface area contributed by atoms with Gasteiger partial charge >= 0.3 is 29.3 Å². The van der Waals surface area contributed by atoms with Crippen LogP contribution >= 0.6 is 0 Å². The third kappa shape index (κ3) is 11.3. The quantitative estimate of drug-likeness (QED) is 0.266. The molecule has 0 aliphatic rings. The number of rotatable bonds is 4. The summed E-state index contributed by atoms with van der Waals surface area (Å²) in [7, 11) is -2.88. The van der Waals surface area contributed by atoms with Gasteiger partial charge in [0.1, 0.15) is 0 Å². The Morgan fingerprint density at radius 3 is 2.30 bits per heavy atom. The van der Waals surface area contributed by atoms with Gasteiger partial charge in [0.2, 0.25) is 0 Å². The van der Waals surface area contributed by atoms with Gasteiger partial charge in [-0.15, -0.1) is 0 Å². The van der Waals surface area contributed by atoms with Gasteiger partial charge in [-0.3, -0.25) is 4.55 Å². The average Bonchev–Trinajstić information content (AvgIpc) is 1.63. The summed E-state index contributed by atoms with van der Waals surface area (Å²) in [6.07, 6.45) is 0. The van der Waals surface area contributed by atoms with Crippen LogP contribution in [0.4, 0.5) is 0 Å². The molecule has 0 aromatic rings. The Labute approximate surface area is 73.3 Å². The summed E-state index contributed by atoms with van der Waals surface area (Å²) in [5, 5.41) is 0. The van der Waals surface area contributed by atoms with Crippen molar-refractivity contribution in [3.8, 4) is 0 Å². The molecule has 0 amide bonds. The first kappa shape index (κ1) is 13.0. The fraction of sp³-hybridized carbons (Fsp3) is 1.00. The van der Waals surface area contributed by atoms with Gasteiger partial charge in [0.25, 0.3) is 0 Å². The van der Waals surface area contributed by atoms with Crippen molar-refractivity contribution in [3.63, 3.8) is 0 Å². The third-order valence-corrected chi connectivity index (χ3v) is 0.984. The number of hydrogen-bond donors (Lipinski definition) is 1. The maximum Gasteiger partial charge on any atom is 1.00 e. The summed E-state index contributed by atoms with van der Waals surface area (Å²) in [5.74, 6) is 0. The van der Waals surface area contributed by atoms with Crippen LogP contribution in [0, 0.1) is 0 Å². The molecular weight excluding hydrogens is 155 g/mol. The first-order valence-electron chi connectivity index (χ1n) is 2.17. The number of methoxy groups -OCH3 is 1. The zero-order valence-electron chi connectivity index (χ0n) is 6.90. The molecule has 0 spiro atoms. The normalized spacial score (nSPS) is 10.6.